The summed E-state index contributed by atoms with van der Waals surface area (Å²) in [6.45, 7) is 4.94. The summed E-state index contributed by atoms with van der Waals surface area (Å²) in [5, 5.41) is 0. The van der Waals surface area contributed by atoms with E-state index < -0.39 is 10.0 Å². The predicted molar refractivity (Wildman–Crippen MR) is 116 cm³/mol. The van der Waals surface area contributed by atoms with E-state index in [4.69, 9.17) is 4.74 Å². The first-order valence-corrected chi connectivity index (χ1v) is 12.2. The number of hydrogen-bond acceptors (Lipinski definition) is 5. The average Bonchev–Trinajstić information content (AvgIpc) is 2.78. The molecule has 0 bridgehead atoms. The van der Waals surface area contributed by atoms with Crippen molar-refractivity contribution in [3.05, 3.63) is 65.2 Å². The number of carbonyl (C=O) groups excluding carboxylic acids is 1. The number of morpholine rings is 1. The molecule has 164 valence electrons. The topological polar surface area (TPSA) is 70.2 Å². The zero-order valence-electron chi connectivity index (χ0n) is 17.4. The summed E-state index contributed by atoms with van der Waals surface area (Å²) in [4.78, 5) is 17.4. The maximum atomic E-state index is 12.8. The number of likely N-dealkylation sites (tertiary alicyclic amines) is 1. The van der Waals surface area contributed by atoms with Crippen molar-refractivity contribution in [2.24, 2.45) is 0 Å². The number of carbonyl (C=O) groups is 1. The van der Waals surface area contributed by atoms with E-state index in [9.17, 15) is 13.2 Å². The Labute approximate surface area is 183 Å². The maximum Gasteiger partial charge on any atom is 0.253 e. The Morgan fingerprint density at radius 1 is 0.903 bits per heavy atom. The van der Waals surface area contributed by atoms with Crippen molar-refractivity contribution < 1.29 is 17.9 Å². The predicted octanol–water partition coefficient (Wildman–Crippen LogP) is 1.59. The molecule has 0 saturated carbocycles. The van der Waals surface area contributed by atoms with Crippen LogP contribution in [0.2, 0.25) is 0 Å². The molecule has 0 N–H and O–H groups in total. The lowest BCUT2D eigenvalue weighted by Crippen LogP contribution is -2.61. The number of benzene rings is 2. The van der Waals surface area contributed by atoms with Crippen molar-refractivity contribution in [1.29, 1.82) is 0 Å². The molecule has 8 heteroatoms. The maximum absolute atomic E-state index is 12.8. The fraction of sp³-hybridized carbons (Fsp3) is 0.435. The Balaban J connectivity index is 1.19. The SMILES string of the molecule is O=C(c1ccc(S(=O)(=O)N2CCOCC2)cc1)N1CC(N2CCc3ccccc3C2)C1. The number of ether oxygens (including phenoxy) is 1. The van der Waals surface area contributed by atoms with Crippen LogP contribution >= 0.6 is 0 Å². The monoisotopic (exact) mass is 441 g/mol. The summed E-state index contributed by atoms with van der Waals surface area (Å²) in [5.74, 6) is -0.0380. The normalized spacial score (nSPS) is 20.8. The summed E-state index contributed by atoms with van der Waals surface area (Å²) in [5.41, 5.74) is 3.34. The fourth-order valence-corrected chi connectivity index (χ4v) is 5.98. The fourth-order valence-electron chi connectivity index (χ4n) is 4.57. The summed E-state index contributed by atoms with van der Waals surface area (Å²) in [6.07, 6.45) is 1.06. The Bertz CT molecular complexity index is 1060. The Hall–Kier alpha value is -2.26. The lowest BCUT2D eigenvalue weighted by Gasteiger charge is -2.47. The summed E-state index contributed by atoms with van der Waals surface area (Å²) >= 11 is 0. The molecule has 2 aromatic carbocycles. The molecule has 2 aromatic rings. The van der Waals surface area contributed by atoms with E-state index in [2.05, 4.69) is 29.2 Å². The molecule has 31 heavy (non-hydrogen) atoms. The van der Waals surface area contributed by atoms with Gasteiger partial charge in [-0.2, -0.15) is 4.31 Å². The molecule has 0 aliphatic carbocycles. The first-order chi connectivity index (χ1) is 15.0. The van der Waals surface area contributed by atoms with Gasteiger partial charge in [0.25, 0.3) is 5.91 Å². The molecule has 0 unspecified atom stereocenters. The molecule has 0 atom stereocenters. The highest BCUT2D eigenvalue weighted by Gasteiger charge is 2.36. The third kappa shape index (κ3) is 4.01. The standard InChI is InChI=1S/C23H27N3O4S/c27-23(19-5-7-22(8-6-19)31(28,29)26-11-13-30-14-12-26)25-16-21(17-25)24-10-9-18-3-1-2-4-20(18)15-24/h1-8,21H,9-17H2. The van der Waals surface area contributed by atoms with Crippen LogP contribution in [0.3, 0.4) is 0 Å². The number of rotatable bonds is 4. The van der Waals surface area contributed by atoms with Crippen molar-refractivity contribution in [3.63, 3.8) is 0 Å². The van der Waals surface area contributed by atoms with Crippen molar-refractivity contribution in [2.45, 2.75) is 23.9 Å². The van der Waals surface area contributed by atoms with Gasteiger partial charge in [-0.3, -0.25) is 9.69 Å². The molecule has 5 rings (SSSR count). The zero-order valence-corrected chi connectivity index (χ0v) is 18.3. The van der Waals surface area contributed by atoms with E-state index in [0.717, 1.165) is 32.6 Å². The average molecular weight is 442 g/mol. The van der Waals surface area contributed by atoms with Gasteiger partial charge < -0.3 is 9.64 Å². The smallest absolute Gasteiger partial charge is 0.253 e. The number of fused-ring (bicyclic) bond motifs is 1. The number of hydrogen-bond donors (Lipinski definition) is 0. The molecule has 7 nitrogen and oxygen atoms in total. The first kappa shape index (κ1) is 20.6. The molecule has 3 aliphatic rings. The highest BCUT2D eigenvalue weighted by Crippen LogP contribution is 2.26. The Morgan fingerprint density at radius 3 is 2.29 bits per heavy atom. The van der Waals surface area contributed by atoms with Crippen LogP contribution in [0.15, 0.2) is 53.4 Å². The second kappa shape index (κ2) is 8.35. The molecule has 0 spiro atoms. The lowest BCUT2D eigenvalue weighted by molar-refractivity contribution is 0.0218. The molecule has 3 aliphatic heterocycles. The van der Waals surface area contributed by atoms with E-state index in [-0.39, 0.29) is 10.8 Å². The zero-order chi connectivity index (χ0) is 21.4. The first-order valence-electron chi connectivity index (χ1n) is 10.8. The molecular formula is C23H27N3O4S. The van der Waals surface area contributed by atoms with Gasteiger partial charge in [-0.25, -0.2) is 8.42 Å². The summed E-state index contributed by atoms with van der Waals surface area (Å²) < 4.78 is 32.2. The molecular weight excluding hydrogens is 414 g/mol. The molecule has 3 heterocycles. The van der Waals surface area contributed by atoms with Crippen molar-refractivity contribution in [1.82, 2.24) is 14.1 Å². The third-order valence-electron chi connectivity index (χ3n) is 6.54. The van der Waals surface area contributed by atoms with Gasteiger partial charge in [0, 0.05) is 50.9 Å². The molecule has 0 radical (unpaired) electrons. The minimum Gasteiger partial charge on any atom is -0.379 e. The van der Waals surface area contributed by atoms with Gasteiger partial charge in [-0.15, -0.1) is 0 Å². The van der Waals surface area contributed by atoms with E-state index in [0.29, 0.717) is 37.9 Å². The lowest BCUT2D eigenvalue weighted by atomic mass is 9.96. The van der Waals surface area contributed by atoms with E-state index in [1.54, 1.807) is 12.1 Å². The molecule has 1 amide bonds. The van der Waals surface area contributed by atoms with Gasteiger partial charge in [0.05, 0.1) is 18.1 Å². The van der Waals surface area contributed by atoms with Gasteiger partial charge in [-0.1, -0.05) is 24.3 Å². The van der Waals surface area contributed by atoms with Crippen LogP contribution in [0.4, 0.5) is 0 Å². The van der Waals surface area contributed by atoms with Crippen molar-refractivity contribution in [2.75, 3.05) is 45.9 Å². The van der Waals surface area contributed by atoms with Crippen LogP contribution < -0.4 is 0 Å². The summed E-state index contributed by atoms with van der Waals surface area (Å²) in [7, 11) is -3.54. The van der Waals surface area contributed by atoms with Crippen LogP contribution in [0, 0.1) is 0 Å². The third-order valence-corrected chi connectivity index (χ3v) is 8.45. The van der Waals surface area contributed by atoms with Gasteiger partial charge in [0.2, 0.25) is 10.0 Å². The van der Waals surface area contributed by atoms with Gasteiger partial charge in [-0.05, 0) is 41.8 Å². The van der Waals surface area contributed by atoms with E-state index in [1.165, 1.54) is 27.6 Å². The Kier molecular flexibility index (Phi) is 5.56. The Morgan fingerprint density at radius 2 is 1.58 bits per heavy atom. The molecule has 2 saturated heterocycles. The quantitative estimate of drug-likeness (QED) is 0.721. The summed E-state index contributed by atoms with van der Waals surface area (Å²) in [6, 6.07) is 15.3. The number of amides is 1. The second-order valence-corrected chi connectivity index (χ2v) is 10.3. The van der Waals surface area contributed by atoms with Gasteiger partial charge in [0.1, 0.15) is 0 Å². The molecule has 2 fully saturated rings. The minimum absolute atomic E-state index is 0.0380. The highest BCUT2D eigenvalue weighted by molar-refractivity contribution is 7.89. The highest BCUT2D eigenvalue weighted by atomic mass is 32.2. The van der Waals surface area contributed by atoms with Crippen molar-refractivity contribution >= 4 is 15.9 Å². The minimum atomic E-state index is -3.54. The van der Waals surface area contributed by atoms with E-state index >= 15 is 0 Å². The van der Waals surface area contributed by atoms with Crippen LogP contribution in [0.1, 0.15) is 21.5 Å². The largest absolute Gasteiger partial charge is 0.379 e. The second-order valence-electron chi connectivity index (χ2n) is 8.39. The van der Waals surface area contributed by atoms with Gasteiger partial charge >= 0.3 is 0 Å². The number of sulfonamides is 1. The van der Waals surface area contributed by atoms with Crippen LogP contribution in [-0.4, -0.2) is 80.4 Å². The van der Waals surface area contributed by atoms with Gasteiger partial charge in [0.15, 0.2) is 0 Å². The van der Waals surface area contributed by atoms with Crippen LogP contribution in [0.5, 0.6) is 0 Å². The van der Waals surface area contributed by atoms with E-state index in [1.807, 2.05) is 4.90 Å². The van der Waals surface area contributed by atoms with Crippen molar-refractivity contribution in [3.8, 4) is 0 Å². The van der Waals surface area contributed by atoms with Crippen LogP contribution in [0.25, 0.3) is 0 Å². The van der Waals surface area contributed by atoms with Crippen LogP contribution in [-0.2, 0) is 27.7 Å². The number of nitrogens with zero attached hydrogens (tertiary/aromatic N) is 3. The molecule has 0 aromatic heterocycles.